The van der Waals surface area contributed by atoms with E-state index in [0.717, 1.165) is 0 Å². The molecule has 0 fully saturated rings. The predicted octanol–water partition coefficient (Wildman–Crippen LogP) is 0.375. The second-order valence-electron chi connectivity index (χ2n) is 6.95. The third-order valence-corrected chi connectivity index (χ3v) is 5.35. The zero-order chi connectivity index (χ0) is 22.0. The fraction of sp³-hybridized carbons (Fsp3) is 0.174. The van der Waals surface area contributed by atoms with E-state index >= 15 is 0 Å². The second-order valence-corrected chi connectivity index (χ2v) is 7.39. The van der Waals surface area contributed by atoms with Crippen molar-refractivity contribution in [3.63, 3.8) is 0 Å². The average Bonchev–Trinajstić information content (AvgIpc) is 2.79. The molecule has 166 valence electrons. The van der Waals surface area contributed by atoms with E-state index in [-0.39, 0.29) is 30.8 Å². The molecule has 0 spiro atoms. The fourth-order valence-electron chi connectivity index (χ4n) is 3.63. The minimum atomic E-state index is -0.902. The number of pyridine rings is 1. The smallest absolute Gasteiger partial charge is 0.294 e. The van der Waals surface area contributed by atoms with Crippen molar-refractivity contribution in [3.05, 3.63) is 77.6 Å². The van der Waals surface area contributed by atoms with Crippen LogP contribution in [0.2, 0.25) is 5.02 Å². The summed E-state index contributed by atoms with van der Waals surface area (Å²) >= 11 is 5.95. The summed E-state index contributed by atoms with van der Waals surface area (Å²) in [6.07, 6.45) is 1.79. The highest BCUT2D eigenvalue weighted by molar-refractivity contribution is 6.30. The molecule has 1 unspecified atom stereocenters. The van der Waals surface area contributed by atoms with Crippen molar-refractivity contribution in [3.8, 4) is 11.5 Å². The van der Waals surface area contributed by atoms with Crippen LogP contribution in [-0.2, 0) is 16.1 Å². The molecule has 2 heterocycles. The van der Waals surface area contributed by atoms with Gasteiger partial charge in [-0.15, -0.1) is 0 Å². The first kappa shape index (κ1) is 23.4. The van der Waals surface area contributed by atoms with Gasteiger partial charge in [0.05, 0.1) is 19.9 Å². The maximum absolute atomic E-state index is 13.5. The topological polar surface area (TPSA) is 71.8 Å². The quantitative estimate of drug-likeness (QED) is 0.543. The number of amides is 2. The number of anilines is 2. The molecule has 1 atom stereocenters. The van der Waals surface area contributed by atoms with Crippen LogP contribution in [0.5, 0.6) is 11.5 Å². The molecule has 9 heteroatoms. The first-order valence-corrected chi connectivity index (χ1v) is 9.98. The number of benzene rings is 2. The fourth-order valence-corrected chi connectivity index (χ4v) is 3.76. The number of fused-ring (bicyclic) bond motifs is 1. The van der Waals surface area contributed by atoms with Gasteiger partial charge in [-0.3, -0.25) is 14.5 Å². The molecule has 1 aromatic heterocycles. The molecule has 0 saturated heterocycles. The molecule has 2 aromatic carbocycles. The van der Waals surface area contributed by atoms with E-state index in [1.165, 1.54) is 12.0 Å². The van der Waals surface area contributed by atoms with Crippen LogP contribution < -0.4 is 36.7 Å². The van der Waals surface area contributed by atoms with Crippen molar-refractivity contribution in [2.75, 3.05) is 24.4 Å². The van der Waals surface area contributed by atoms with Gasteiger partial charge in [-0.2, -0.15) is 4.57 Å². The Morgan fingerprint density at radius 2 is 1.84 bits per heavy atom. The molecule has 1 aliphatic heterocycles. The van der Waals surface area contributed by atoms with E-state index in [2.05, 4.69) is 5.32 Å². The van der Waals surface area contributed by atoms with Crippen LogP contribution in [0.1, 0.15) is 11.7 Å². The minimum absolute atomic E-state index is 0. The molecule has 1 aliphatic rings. The molecule has 4 rings (SSSR count). The Labute approximate surface area is 196 Å². The zero-order valence-electron chi connectivity index (χ0n) is 17.4. The number of nitrogens with zero attached hydrogens (tertiary/aromatic N) is 2. The molecular weight excluding hydrogens is 453 g/mol. The summed E-state index contributed by atoms with van der Waals surface area (Å²) in [4.78, 5) is 28.1. The number of halogens is 2. The Bertz CT molecular complexity index is 1140. The number of carbonyl (C=O) groups is 2. The highest BCUT2D eigenvalue weighted by atomic mass is 35.5. The second kappa shape index (κ2) is 9.89. The van der Waals surface area contributed by atoms with E-state index in [4.69, 9.17) is 21.1 Å². The van der Waals surface area contributed by atoms with Crippen LogP contribution in [-0.4, -0.2) is 26.0 Å². The molecule has 0 saturated carbocycles. The normalized spacial score (nSPS) is 14.8. The van der Waals surface area contributed by atoms with Gasteiger partial charge in [0.1, 0.15) is 11.5 Å². The van der Waals surface area contributed by atoms with Crippen LogP contribution in [0.4, 0.5) is 11.4 Å². The number of carbonyl (C=O) groups excluding carboxylic acids is 2. The number of rotatable bonds is 5. The Morgan fingerprint density at radius 1 is 1.09 bits per heavy atom. The van der Waals surface area contributed by atoms with Gasteiger partial charge in [0, 0.05) is 28.9 Å². The highest BCUT2D eigenvalue weighted by Gasteiger charge is 2.44. The van der Waals surface area contributed by atoms with E-state index in [9.17, 15) is 9.59 Å². The summed E-state index contributed by atoms with van der Waals surface area (Å²) in [5.41, 5.74) is 1.75. The highest BCUT2D eigenvalue weighted by Crippen LogP contribution is 2.38. The lowest BCUT2D eigenvalue weighted by molar-refractivity contribution is -0.695. The van der Waals surface area contributed by atoms with Crippen LogP contribution >= 0.6 is 11.6 Å². The summed E-state index contributed by atoms with van der Waals surface area (Å²) in [6, 6.07) is 16.5. The molecule has 32 heavy (non-hydrogen) atoms. The third-order valence-electron chi connectivity index (χ3n) is 5.09. The minimum Gasteiger partial charge on any atom is -1.00 e. The lowest BCUT2D eigenvalue weighted by atomic mass is 10.0. The van der Waals surface area contributed by atoms with Crippen LogP contribution in [0.25, 0.3) is 0 Å². The summed E-state index contributed by atoms with van der Waals surface area (Å²) in [5.74, 6) is 0.431. The number of hydrogen-bond acceptors (Lipinski definition) is 4. The predicted molar refractivity (Wildman–Crippen MR) is 116 cm³/mol. The first-order valence-electron chi connectivity index (χ1n) is 9.60. The molecule has 2 amide bonds. The van der Waals surface area contributed by atoms with Crippen molar-refractivity contribution in [1.29, 1.82) is 0 Å². The number of hydrogen-bond donors (Lipinski definition) is 1. The Hall–Kier alpha value is -3.29. The Morgan fingerprint density at radius 3 is 2.53 bits per heavy atom. The Kier molecular flexibility index (Phi) is 7.22. The number of ether oxygens (including phenoxy) is 2. The van der Waals surface area contributed by atoms with Crippen molar-refractivity contribution in [2.45, 2.75) is 12.6 Å². The van der Waals surface area contributed by atoms with E-state index in [1.807, 2.05) is 18.2 Å². The monoisotopic (exact) mass is 473 g/mol. The van der Waals surface area contributed by atoms with Gasteiger partial charge in [-0.05, 0) is 36.4 Å². The SMILES string of the molecule is COc1ccc(N2C(=O)C[n+]3ccccc3C2C(=O)Nc2ccc(Cl)cc2)c(OC)c1.[Cl-]. The summed E-state index contributed by atoms with van der Waals surface area (Å²) in [6.45, 7) is 0.107. The lowest BCUT2D eigenvalue weighted by Crippen LogP contribution is -3.00. The molecule has 0 bridgehead atoms. The first-order chi connectivity index (χ1) is 15.0. The van der Waals surface area contributed by atoms with Gasteiger partial charge < -0.3 is 27.2 Å². The maximum Gasteiger partial charge on any atom is 0.294 e. The van der Waals surface area contributed by atoms with Crippen molar-refractivity contribution in [1.82, 2.24) is 0 Å². The largest absolute Gasteiger partial charge is 1.00 e. The van der Waals surface area contributed by atoms with Gasteiger partial charge in [0.15, 0.2) is 6.20 Å². The van der Waals surface area contributed by atoms with Crippen molar-refractivity contribution >= 4 is 34.8 Å². The van der Waals surface area contributed by atoms with E-state index in [0.29, 0.717) is 33.6 Å². The van der Waals surface area contributed by atoms with E-state index < -0.39 is 6.04 Å². The van der Waals surface area contributed by atoms with Gasteiger partial charge in [0.2, 0.25) is 18.3 Å². The van der Waals surface area contributed by atoms with Crippen LogP contribution in [0.3, 0.4) is 0 Å². The maximum atomic E-state index is 13.5. The van der Waals surface area contributed by atoms with Gasteiger partial charge in [-0.25, -0.2) is 0 Å². The summed E-state index contributed by atoms with van der Waals surface area (Å²) < 4.78 is 12.6. The lowest BCUT2D eigenvalue weighted by Gasteiger charge is -2.33. The number of nitrogens with one attached hydrogen (secondary N) is 1. The molecule has 3 aromatic rings. The number of methoxy groups -OCH3 is 2. The van der Waals surface area contributed by atoms with Gasteiger partial charge in [-0.1, -0.05) is 17.7 Å². The van der Waals surface area contributed by atoms with Gasteiger partial charge >= 0.3 is 0 Å². The summed E-state index contributed by atoms with van der Waals surface area (Å²) in [7, 11) is 3.06. The standard InChI is InChI=1S/C23H20ClN3O4.ClH/c1-30-17-10-11-18(20(13-17)31-2)27-21(28)14-26-12-4-3-5-19(26)22(27)23(29)25-16-8-6-15(24)7-9-16;/h3-13,22H,14H2,1-2H3;1H. The third kappa shape index (κ3) is 4.49. The van der Waals surface area contributed by atoms with E-state index in [1.54, 1.807) is 60.3 Å². The van der Waals surface area contributed by atoms with Crippen molar-refractivity contribution < 1.29 is 36.0 Å². The van der Waals surface area contributed by atoms with Gasteiger partial charge in [0.25, 0.3) is 11.8 Å². The average molecular weight is 474 g/mol. The zero-order valence-corrected chi connectivity index (χ0v) is 18.9. The van der Waals surface area contributed by atoms with Crippen LogP contribution in [0, 0.1) is 0 Å². The Balaban J connectivity index is 0.00000289. The molecule has 7 nitrogen and oxygen atoms in total. The number of aromatic nitrogens is 1. The molecule has 1 N–H and O–H groups in total. The molecular formula is C23H21Cl2N3O4. The van der Waals surface area contributed by atoms with Crippen molar-refractivity contribution in [2.24, 2.45) is 0 Å². The molecule has 0 radical (unpaired) electrons. The molecule has 0 aliphatic carbocycles. The van der Waals surface area contributed by atoms with Crippen LogP contribution in [0.15, 0.2) is 66.9 Å². The summed E-state index contributed by atoms with van der Waals surface area (Å²) in [5, 5.41) is 3.46.